The van der Waals surface area contributed by atoms with Crippen LogP contribution in [0.15, 0.2) is 17.7 Å². The maximum absolute atomic E-state index is 8.87. The van der Waals surface area contributed by atoms with Crippen molar-refractivity contribution < 1.29 is 0 Å². The van der Waals surface area contributed by atoms with Crippen LogP contribution in [0.4, 0.5) is 0 Å². The van der Waals surface area contributed by atoms with Crippen LogP contribution in [0.25, 0.3) is 0 Å². The van der Waals surface area contributed by atoms with Crippen LogP contribution < -0.4 is 0 Å². The van der Waals surface area contributed by atoms with Crippen molar-refractivity contribution in [1.29, 1.82) is 5.26 Å². The second kappa shape index (κ2) is 4.95. The van der Waals surface area contributed by atoms with Crippen LogP contribution in [0.5, 0.6) is 0 Å². The molecular weight excluding hydrogens is 224 g/mol. The monoisotopic (exact) mass is 242 g/mol. The minimum atomic E-state index is 0.545. The molecule has 1 aliphatic heterocycles. The lowest BCUT2D eigenvalue weighted by atomic mass is 9.99. The van der Waals surface area contributed by atoms with Crippen LogP contribution in [0.2, 0.25) is 0 Å². The SMILES string of the molecule is N#Cc1cc2n(n1)CCN(CC1=CCCCC1)C2. The Morgan fingerprint density at radius 3 is 3.06 bits per heavy atom. The number of fused-ring (bicyclic) bond motifs is 1. The first-order valence-corrected chi connectivity index (χ1v) is 6.72. The Kier molecular flexibility index (Phi) is 3.16. The lowest BCUT2D eigenvalue weighted by molar-refractivity contribution is 0.227. The van der Waals surface area contributed by atoms with Crippen LogP contribution in [0.3, 0.4) is 0 Å². The summed E-state index contributed by atoms with van der Waals surface area (Å²) in [5, 5.41) is 13.1. The first kappa shape index (κ1) is 11.5. The summed E-state index contributed by atoms with van der Waals surface area (Å²) in [6.07, 6.45) is 7.62. The van der Waals surface area contributed by atoms with Crippen molar-refractivity contribution in [2.24, 2.45) is 0 Å². The molecule has 1 aromatic heterocycles. The first-order chi connectivity index (χ1) is 8.85. The molecule has 0 N–H and O–H groups in total. The van der Waals surface area contributed by atoms with Gasteiger partial charge in [-0.05, 0) is 31.7 Å². The average molecular weight is 242 g/mol. The smallest absolute Gasteiger partial charge is 0.162 e. The van der Waals surface area contributed by atoms with Gasteiger partial charge >= 0.3 is 0 Å². The molecule has 2 aliphatic rings. The fourth-order valence-corrected chi connectivity index (χ4v) is 2.85. The minimum Gasteiger partial charge on any atom is -0.292 e. The molecule has 4 heteroatoms. The summed E-state index contributed by atoms with van der Waals surface area (Å²) in [5.74, 6) is 0. The van der Waals surface area contributed by atoms with E-state index in [0.29, 0.717) is 5.69 Å². The molecule has 0 fully saturated rings. The average Bonchev–Trinajstić information content (AvgIpc) is 2.82. The molecular formula is C14H18N4. The number of hydrogen-bond acceptors (Lipinski definition) is 3. The molecule has 4 nitrogen and oxygen atoms in total. The molecule has 0 unspecified atom stereocenters. The Balaban J connectivity index is 1.67. The maximum atomic E-state index is 8.87. The van der Waals surface area contributed by atoms with E-state index in [-0.39, 0.29) is 0 Å². The van der Waals surface area contributed by atoms with E-state index in [4.69, 9.17) is 5.26 Å². The van der Waals surface area contributed by atoms with Crippen molar-refractivity contribution >= 4 is 0 Å². The summed E-state index contributed by atoms with van der Waals surface area (Å²) >= 11 is 0. The molecule has 1 aliphatic carbocycles. The van der Waals surface area contributed by atoms with Gasteiger partial charge in [-0.25, -0.2) is 0 Å². The van der Waals surface area contributed by atoms with Crippen molar-refractivity contribution in [3.8, 4) is 6.07 Å². The molecule has 0 atom stereocenters. The molecule has 0 aromatic carbocycles. The lowest BCUT2D eigenvalue weighted by Crippen LogP contribution is -2.35. The summed E-state index contributed by atoms with van der Waals surface area (Å²) in [4.78, 5) is 2.47. The van der Waals surface area contributed by atoms with E-state index in [9.17, 15) is 0 Å². The van der Waals surface area contributed by atoms with Crippen molar-refractivity contribution in [1.82, 2.24) is 14.7 Å². The van der Waals surface area contributed by atoms with Gasteiger partial charge in [-0.2, -0.15) is 10.4 Å². The van der Waals surface area contributed by atoms with E-state index in [1.807, 2.05) is 10.7 Å². The predicted octanol–water partition coefficient (Wildman–Crippen LogP) is 2.07. The highest BCUT2D eigenvalue weighted by atomic mass is 15.3. The molecule has 3 rings (SSSR count). The lowest BCUT2D eigenvalue weighted by Gasteiger charge is -2.29. The Bertz CT molecular complexity index is 506. The molecule has 0 radical (unpaired) electrons. The van der Waals surface area contributed by atoms with E-state index in [1.54, 1.807) is 5.57 Å². The van der Waals surface area contributed by atoms with Gasteiger partial charge in [0.05, 0.1) is 12.2 Å². The number of aromatic nitrogens is 2. The number of nitrogens with zero attached hydrogens (tertiary/aromatic N) is 4. The molecule has 0 amide bonds. The molecule has 2 heterocycles. The van der Waals surface area contributed by atoms with E-state index in [0.717, 1.165) is 26.2 Å². The molecule has 0 saturated carbocycles. The second-order valence-corrected chi connectivity index (χ2v) is 5.17. The normalized spacial score (nSPS) is 20.1. The zero-order valence-electron chi connectivity index (χ0n) is 10.6. The number of nitriles is 1. The van der Waals surface area contributed by atoms with Crippen molar-refractivity contribution in [3.63, 3.8) is 0 Å². The van der Waals surface area contributed by atoms with Crippen molar-refractivity contribution in [2.75, 3.05) is 13.1 Å². The molecule has 94 valence electrons. The van der Waals surface area contributed by atoms with Crippen LogP contribution in [0, 0.1) is 11.3 Å². The third-order valence-corrected chi connectivity index (χ3v) is 3.80. The van der Waals surface area contributed by atoms with Crippen LogP contribution >= 0.6 is 0 Å². The first-order valence-electron chi connectivity index (χ1n) is 6.72. The van der Waals surface area contributed by atoms with E-state index >= 15 is 0 Å². The highest BCUT2D eigenvalue weighted by molar-refractivity contribution is 5.23. The van der Waals surface area contributed by atoms with Gasteiger partial charge in [0, 0.05) is 19.6 Å². The third-order valence-electron chi connectivity index (χ3n) is 3.80. The molecule has 18 heavy (non-hydrogen) atoms. The predicted molar refractivity (Wildman–Crippen MR) is 68.8 cm³/mol. The summed E-state index contributed by atoms with van der Waals surface area (Å²) < 4.78 is 1.98. The zero-order chi connectivity index (χ0) is 12.4. The van der Waals surface area contributed by atoms with E-state index < -0.39 is 0 Å². The largest absolute Gasteiger partial charge is 0.292 e. The highest BCUT2D eigenvalue weighted by Gasteiger charge is 2.19. The molecule has 1 aromatic rings. The zero-order valence-corrected chi connectivity index (χ0v) is 10.6. The van der Waals surface area contributed by atoms with Gasteiger partial charge in [-0.1, -0.05) is 11.6 Å². The Morgan fingerprint density at radius 2 is 2.28 bits per heavy atom. The van der Waals surface area contributed by atoms with Crippen LogP contribution in [-0.2, 0) is 13.1 Å². The van der Waals surface area contributed by atoms with Crippen molar-refractivity contribution in [2.45, 2.75) is 38.8 Å². The van der Waals surface area contributed by atoms with Gasteiger partial charge in [-0.15, -0.1) is 0 Å². The fraction of sp³-hybridized carbons (Fsp3) is 0.571. The van der Waals surface area contributed by atoms with Gasteiger partial charge in [0.15, 0.2) is 5.69 Å². The summed E-state index contributed by atoms with van der Waals surface area (Å²) in [6.45, 7) is 3.96. The summed E-state index contributed by atoms with van der Waals surface area (Å²) in [6, 6.07) is 4.04. The molecule has 0 bridgehead atoms. The van der Waals surface area contributed by atoms with E-state index in [2.05, 4.69) is 22.1 Å². The van der Waals surface area contributed by atoms with Gasteiger partial charge < -0.3 is 0 Å². The Hall–Kier alpha value is -1.60. The van der Waals surface area contributed by atoms with Gasteiger partial charge in [0.1, 0.15) is 6.07 Å². The maximum Gasteiger partial charge on any atom is 0.162 e. The third kappa shape index (κ3) is 2.32. The Morgan fingerprint density at radius 1 is 1.33 bits per heavy atom. The number of allylic oxidation sites excluding steroid dienone is 1. The highest BCUT2D eigenvalue weighted by Crippen LogP contribution is 2.20. The van der Waals surface area contributed by atoms with Gasteiger partial charge in [0.2, 0.25) is 0 Å². The van der Waals surface area contributed by atoms with Gasteiger partial charge in [-0.3, -0.25) is 9.58 Å². The van der Waals surface area contributed by atoms with Crippen LogP contribution in [0.1, 0.15) is 37.1 Å². The summed E-state index contributed by atoms with van der Waals surface area (Å²) in [7, 11) is 0. The minimum absolute atomic E-state index is 0.545. The van der Waals surface area contributed by atoms with Crippen LogP contribution in [-0.4, -0.2) is 27.8 Å². The topological polar surface area (TPSA) is 44.9 Å². The number of hydrogen-bond donors (Lipinski definition) is 0. The van der Waals surface area contributed by atoms with Crippen molar-refractivity contribution in [3.05, 3.63) is 29.1 Å². The van der Waals surface area contributed by atoms with E-state index in [1.165, 1.54) is 31.4 Å². The molecule has 0 saturated heterocycles. The fourth-order valence-electron chi connectivity index (χ4n) is 2.85. The van der Waals surface area contributed by atoms with Gasteiger partial charge in [0.25, 0.3) is 0 Å². The second-order valence-electron chi connectivity index (χ2n) is 5.17. The molecule has 0 spiro atoms. The Labute approximate surface area is 108 Å². The summed E-state index contributed by atoms with van der Waals surface area (Å²) in [5.41, 5.74) is 3.31. The quantitative estimate of drug-likeness (QED) is 0.746. The standard InChI is InChI=1S/C14H18N4/c15-9-13-8-14-11-17(6-7-18(14)16-13)10-12-4-2-1-3-5-12/h4,8H,1-3,5-7,10-11H2. The number of rotatable bonds is 2.